The Balaban J connectivity index is 1.80. The maximum Gasteiger partial charge on any atom is 0.338 e. The highest BCUT2D eigenvalue weighted by Crippen LogP contribution is 2.20. The van der Waals surface area contributed by atoms with E-state index in [1.165, 1.54) is 31.3 Å². The van der Waals surface area contributed by atoms with E-state index in [-0.39, 0.29) is 17.1 Å². The first-order valence-corrected chi connectivity index (χ1v) is 9.17. The Labute approximate surface area is 146 Å². The highest BCUT2D eigenvalue weighted by Gasteiger charge is 2.15. The van der Waals surface area contributed by atoms with Gasteiger partial charge in [-0.05, 0) is 41.6 Å². The minimum atomic E-state index is -3.61. The predicted molar refractivity (Wildman–Crippen MR) is 95.8 cm³/mol. The maximum absolute atomic E-state index is 12.3. The van der Waals surface area contributed by atoms with E-state index >= 15 is 0 Å². The van der Waals surface area contributed by atoms with Gasteiger partial charge in [-0.3, -0.25) is 0 Å². The van der Waals surface area contributed by atoms with Gasteiger partial charge < -0.3 is 4.74 Å². The summed E-state index contributed by atoms with van der Waals surface area (Å²) in [4.78, 5) is 12.3. The van der Waals surface area contributed by atoms with Gasteiger partial charge in [-0.2, -0.15) is 0 Å². The minimum Gasteiger partial charge on any atom is -0.457 e. The number of esters is 1. The number of nitrogens with one attached hydrogen (secondary N) is 1. The van der Waals surface area contributed by atoms with Crippen molar-refractivity contribution in [1.82, 2.24) is 4.72 Å². The Kier molecular flexibility index (Phi) is 4.83. The molecule has 25 heavy (non-hydrogen) atoms. The fourth-order valence-electron chi connectivity index (χ4n) is 2.55. The Morgan fingerprint density at radius 3 is 2.52 bits per heavy atom. The molecule has 0 aromatic heterocycles. The van der Waals surface area contributed by atoms with Crippen LogP contribution in [0.25, 0.3) is 10.8 Å². The third-order valence-electron chi connectivity index (χ3n) is 3.89. The van der Waals surface area contributed by atoms with Crippen LogP contribution in [-0.4, -0.2) is 21.4 Å². The van der Waals surface area contributed by atoms with Crippen LogP contribution in [0.2, 0.25) is 0 Å². The maximum atomic E-state index is 12.3. The van der Waals surface area contributed by atoms with Crippen molar-refractivity contribution in [2.45, 2.75) is 11.5 Å². The molecule has 1 N–H and O–H groups in total. The molecule has 0 fully saturated rings. The number of hydrogen-bond donors (Lipinski definition) is 1. The Bertz CT molecular complexity index is 1020. The topological polar surface area (TPSA) is 72.5 Å². The van der Waals surface area contributed by atoms with Crippen molar-refractivity contribution >= 4 is 26.8 Å². The number of hydrogen-bond acceptors (Lipinski definition) is 4. The summed E-state index contributed by atoms with van der Waals surface area (Å²) in [6.45, 7) is 0.114. The van der Waals surface area contributed by atoms with Gasteiger partial charge in [0.2, 0.25) is 10.0 Å². The Morgan fingerprint density at radius 1 is 1.00 bits per heavy atom. The molecule has 0 spiro atoms. The molecule has 0 heterocycles. The molecule has 0 saturated carbocycles. The number of benzene rings is 3. The number of carbonyl (C=O) groups excluding carboxylic acids is 1. The average molecular weight is 355 g/mol. The summed E-state index contributed by atoms with van der Waals surface area (Å²) in [5.74, 6) is -0.568. The van der Waals surface area contributed by atoms with Crippen molar-refractivity contribution in [2.75, 3.05) is 7.05 Å². The lowest BCUT2D eigenvalue weighted by Crippen LogP contribution is -2.19. The van der Waals surface area contributed by atoms with Crippen molar-refractivity contribution < 1.29 is 17.9 Å². The van der Waals surface area contributed by atoms with Gasteiger partial charge in [-0.25, -0.2) is 17.9 Å². The van der Waals surface area contributed by atoms with Gasteiger partial charge in [0.15, 0.2) is 0 Å². The van der Waals surface area contributed by atoms with Gasteiger partial charge >= 0.3 is 5.97 Å². The molecule has 128 valence electrons. The van der Waals surface area contributed by atoms with Crippen LogP contribution < -0.4 is 4.72 Å². The van der Waals surface area contributed by atoms with Gasteiger partial charge in [0.25, 0.3) is 0 Å². The van der Waals surface area contributed by atoms with Crippen LogP contribution in [-0.2, 0) is 21.4 Å². The van der Waals surface area contributed by atoms with E-state index in [1.807, 2.05) is 42.5 Å². The zero-order chi connectivity index (χ0) is 17.9. The zero-order valence-corrected chi connectivity index (χ0v) is 14.4. The molecule has 0 bridgehead atoms. The first-order valence-electron chi connectivity index (χ1n) is 7.68. The van der Waals surface area contributed by atoms with Crippen LogP contribution in [0.1, 0.15) is 15.9 Å². The number of sulfonamides is 1. The van der Waals surface area contributed by atoms with E-state index in [2.05, 4.69) is 4.72 Å². The van der Waals surface area contributed by atoms with Crippen molar-refractivity contribution in [2.24, 2.45) is 0 Å². The van der Waals surface area contributed by atoms with Gasteiger partial charge in [0, 0.05) is 0 Å². The lowest BCUT2D eigenvalue weighted by atomic mass is 10.1. The third kappa shape index (κ3) is 3.70. The van der Waals surface area contributed by atoms with Gasteiger partial charge in [-0.1, -0.05) is 48.5 Å². The molecule has 0 unspecified atom stereocenters. The van der Waals surface area contributed by atoms with Crippen LogP contribution in [0.5, 0.6) is 0 Å². The molecule has 0 atom stereocenters. The second kappa shape index (κ2) is 7.04. The van der Waals surface area contributed by atoms with Crippen molar-refractivity contribution in [3.63, 3.8) is 0 Å². The second-order valence-corrected chi connectivity index (χ2v) is 7.34. The summed E-state index contributed by atoms with van der Waals surface area (Å²) in [7, 11) is -2.29. The average Bonchev–Trinajstić information content (AvgIpc) is 2.66. The molecular formula is C19H17NO4S. The van der Waals surface area contributed by atoms with Crippen molar-refractivity contribution in [3.8, 4) is 0 Å². The molecule has 0 radical (unpaired) electrons. The highest BCUT2D eigenvalue weighted by molar-refractivity contribution is 7.89. The third-order valence-corrected chi connectivity index (χ3v) is 5.30. The molecule has 0 saturated heterocycles. The van der Waals surface area contributed by atoms with Crippen LogP contribution >= 0.6 is 0 Å². The van der Waals surface area contributed by atoms with E-state index in [4.69, 9.17) is 4.74 Å². The summed E-state index contributed by atoms with van der Waals surface area (Å²) >= 11 is 0. The van der Waals surface area contributed by atoms with Crippen LogP contribution in [0.3, 0.4) is 0 Å². The van der Waals surface area contributed by atoms with Crippen molar-refractivity contribution in [3.05, 3.63) is 77.9 Å². The second-order valence-electron chi connectivity index (χ2n) is 5.45. The minimum absolute atomic E-state index is 0.0228. The molecule has 3 aromatic rings. The number of carbonyl (C=O) groups is 1. The summed E-state index contributed by atoms with van der Waals surface area (Å²) < 4.78 is 31.3. The fraction of sp³-hybridized carbons (Fsp3) is 0.105. The van der Waals surface area contributed by atoms with E-state index in [1.54, 1.807) is 0 Å². The number of rotatable bonds is 5. The van der Waals surface area contributed by atoms with Gasteiger partial charge in [-0.15, -0.1) is 0 Å². The fourth-order valence-corrected chi connectivity index (χ4v) is 3.33. The van der Waals surface area contributed by atoms with E-state index in [0.29, 0.717) is 0 Å². The van der Waals surface area contributed by atoms with Crippen LogP contribution in [0, 0.1) is 0 Å². The van der Waals surface area contributed by atoms with Crippen LogP contribution in [0.15, 0.2) is 71.6 Å². The first kappa shape index (κ1) is 17.1. The quantitative estimate of drug-likeness (QED) is 0.714. The monoisotopic (exact) mass is 355 g/mol. The van der Waals surface area contributed by atoms with Gasteiger partial charge in [0.1, 0.15) is 6.61 Å². The van der Waals surface area contributed by atoms with Gasteiger partial charge in [0.05, 0.1) is 10.5 Å². The molecular weight excluding hydrogens is 338 g/mol. The molecule has 6 heteroatoms. The zero-order valence-electron chi connectivity index (χ0n) is 13.6. The molecule has 0 amide bonds. The standard InChI is InChI=1S/C19H17NO4S/c1-20-25(22,23)17-10-5-8-15(12-17)19(21)24-13-16-9-4-7-14-6-2-3-11-18(14)16/h2-12,20H,13H2,1H3. The molecule has 3 rings (SSSR count). The summed E-state index contributed by atoms with van der Waals surface area (Å²) in [5, 5.41) is 2.09. The number of fused-ring (bicyclic) bond motifs is 1. The summed E-state index contributed by atoms with van der Waals surface area (Å²) in [6, 6.07) is 19.4. The lowest BCUT2D eigenvalue weighted by molar-refractivity contribution is 0.0474. The normalized spacial score (nSPS) is 11.4. The van der Waals surface area contributed by atoms with E-state index in [9.17, 15) is 13.2 Å². The first-order chi connectivity index (χ1) is 12.0. The highest BCUT2D eigenvalue weighted by atomic mass is 32.2. The number of ether oxygens (including phenoxy) is 1. The van der Waals surface area contributed by atoms with E-state index in [0.717, 1.165) is 16.3 Å². The van der Waals surface area contributed by atoms with Crippen LogP contribution in [0.4, 0.5) is 0 Å². The predicted octanol–water partition coefficient (Wildman–Crippen LogP) is 3.10. The largest absolute Gasteiger partial charge is 0.457 e. The molecule has 0 aliphatic carbocycles. The summed E-state index contributed by atoms with van der Waals surface area (Å²) in [5.41, 5.74) is 1.09. The Morgan fingerprint density at radius 2 is 1.72 bits per heavy atom. The van der Waals surface area contributed by atoms with E-state index < -0.39 is 16.0 Å². The lowest BCUT2D eigenvalue weighted by Gasteiger charge is -2.09. The molecule has 5 nitrogen and oxygen atoms in total. The summed E-state index contributed by atoms with van der Waals surface area (Å²) in [6.07, 6.45) is 0. The molecule has 3 aromatic carbocycles. The van der Waals surface area contributed by atoms with Crippen molar-refractivity contribution in [1.29, 1.82) is 0 Å². The molecule has 0 aliphatic rings. The SMILES string of the molecule is CNS(=O)(=O)c1cccc(C(=O)OCc2cccc3ccccc23)c1. The Hall–Kier alpha value is -2.70. The molecule has 0 aliphatic heterocycles. The smallest absolute Gasteiger partial charge is 0.338 e.